The zero-order valence-corrected chi connectivity index (χ0v) is 14.9. The Morgan fingerprint density at radius 1 is 1.24 bits per heavy atom. The van der Waals surface area contributed by atoms with Crippen LogP contribution in [0, 0.1) is 6.92 Å². The topological polar surface area (TPSA) is 70.0 Å². The van der Waals surface area contributed by atoms with Gasteiger partial charge < -0.3 is 15.6 Å². The van der Waals surface area contributed by atoms with Crippen LogP contribution in [-0.2, 0) is 13.0 Å². The predicted octanol–water partition coefficient (Wildman–Crippen LogP) is 2.47. The number of aryl methyl sites for hydroxylation is 2. The maximum absolute atomic E-state index is 4.30. The van der Waals surface area contributed by atoms with Crippen molar-refractivity contribution in [3.63, 3.8) is 0 Å². The Bertz CT molecular complexity index is 829. The van der Waals surface area contributed by atoms with E-state index < -0.39 is 0 Å². The van der Waals surface area contributed by atoms with E-state index >= 15 is 0 Å². The first-order valence-corrected chi connectivity index (χ1v) is 8.75. The predicted molar refractivity (Wildman–Crippen MR) is 103 cm³/mol. The molecule has 0 fully saturated rings. The van der Waals surface area contributed by atoms with Gasteiger partial charge in [0, 0.05) is 50.0 Å². The lowest BCUT2D eigenvalue weighted by molar-refractivity contribution is 0.570. The van der Waals surface area contributed by atoms with Gasteiger partial charge in [0.1, 0.15) is 0 Å². The molecule has 0 amide bonds. The van der Waals surface area contributed by atoms with E-state index in [1.807, 2.05) is 10.9 Å². The zero-order chi connectivity index (χ0) is 17.5. The van der Waals surface area contributed by atoms with Gasteiger partial charge in [-0.15, -0.1) is 0 Å². The van der Waals surface area contributed by atoms with Crippen LogP contribution in [0.15, 0.2) is 47.8 Å². The lowest BCUT2D eigenvalue weighted by Gasteiger charge is -2.11. The molecule has 2 heterocycles. The molecule has 3 N–H and O–H groups in total. The fourth-order valence-electron chi connectivity index (χ4n) is 2.91. The monoisotopic (exact) mass is 338 g/mol. The van der Waals surface area contributed by atoms with Gasteiger partial charge in [0.2, 0.25) is 0 Å². The van der Waals surface area contributed by atoms with Crippen molar-refractivity contribution in [2.75, 3.05) is 20.1 Å². The van der Waals surface area contributed by atoms with Crippen molar-refractivity contribution in [1.82, 2.24) is 25.4 Å². The molecule has 6 heteroatoms. The summed E-state index contributed by atoms with van der Waals surface area (Å²) in [6.07, 6.45) is 8.00. The number of benzene rings is 1. The summed E-state index contributed by atoms with van der Waals surface area (Å²) in [6, 6.07) is 8.39. The standard InChI is InChI=1S/C19H26N6/c1-15-12-24-25(14-15)11-5-9-21-19(20-2)22-10-8-16-13-23-18-7-4-3-6-17(16)18/h3-4,6-7,12-14,23H,5,8-11H2,1-2H3,(H2,20,21,22). The van der Waals surface area contributed by atoms with E-state index in [1.165, 1.54) is 22.0 Å². The van der Waals surface area contributed by atoms with Gasteiger partial charge in [-0.2, -0.15) is 5.10 Å². The van der Waals surface area contributed by atoms with Crippen molar-refractivity contribution in [2.45, 2.75) is 26.3 Å². The zero-order valence-electron chi connectivity index (χ0n) is 14.9. The van der Waals surface area contributed by atoms with Gasteiger partial charge in [0.15, 0.2) is 5.96 Å². The van der Waals surface area contributed by atoms with Crippen molar-refractivity contribution in [1.29, 1.82) is 0 Å². The summed E-state index contributed by atoms with van der Waals surface area (Å²) in [5.74, 6) is 0.844. The fourth-order valence-corrected chi connectivity index (χ4v) is 2.91. The third kappa shape index (κ3) is 4.62. The molecule has 3 rings (SSSR count). The lowest BCUT2D eigenvalue weighted by atomic mass is 10.1. The number of fused-ring (bicyclic) bond motifs is 1. The van der Waals surface area contributed by atoms with Crippen LogP contribution >= 0.6 is 0 Å². The summed E-state index contributed by atoms with van der Waals surface area (Å²) in [4.78, 5) is 7.60. The van der Waals surface area contributed by atoms with Gasteiger partial charge in [0.05, 0.1) is 6.20 Å². The normalized spacial score (nSPS) is 11.8. The molecule has 0 unspecified atom stereocenters. The Balaban J connectivity index is 1.39. The first-order valence-electron chi connectivity index (χ1n) is 8.75. The van der Waals surface area contributed by atoms with Crippen LogP contribution in [0.4, 0.5) is 0 Å². The van der Waals surface area contributed by atoms with E-state index in [4.69, 9.17) is 0 Å². The Kier molecular flexibility index (Phi) is 5.72. The van der Waals surface area contributed by atoms with E-state index in [-0.39, 0.29) is 0 Å². The smallest absolute Gasteiger partial charge is 0.190 e. The van der Waals surface area contributed by atoms with Crippen LogP contribution in [0.5, 0.6) is 0 Å². The van der Waals surface area contributed by atoms with Crippen LogP contribution in [0.2, 0.25) is 0 Å². The number of aliphatic imine (C=N–C) groups is 1. The number of para-hydroxylation sites is 1. The Morgan fingerprint density at radius 2 is 2.08 bits per heavy atom. The first-order chi connectivity index (χ1) is 12.3. The number of hydrogen-bond donors (Lipinski definition) is 3. The number of aromatic nitrogens is 3. The van der Waals surface area contributed by atoms with Gasteiger partial charge in [-0.3, -0.25) is 9.67 Å². The third-order valence-corrected chi connectivity index (χ3v) is 4.20. The van der Waals surface area contributed by atoms with Gasteiger partial charge in [-0.25, -0.2) is 0 Å². The van der Waals surface area contributed by atoms with Crippen molar-refractivity contribution in [2.24, 2.45) is 4.99 Å². The van der Waals surface area contributed by atoms with Gasteiger partial charge in [-0.05, 0) is 37.0 Å². The molecule has 6 nitrogen and oxygen atoms in total. The summed E-state index contributed by atoms with van der Waals surface area (Å²) < 4.78 is 1.98. The van der Waals surface area contributed by atoms with Crippen molar-refractivity contribution in [3.8, 4) is 0 Å². The number of H-pyrrole nitrogens is 1. The Hall–Kier alpha value is -2.76. The molecule has 0 aliphatic carbocycles. The average Bonchev–Trinajstić information content (AvgIpc) is 3.23. The Labute approximate surface area is 148 Å². The van der Waals surface area contributed by atoms with Crippen LogP contribution in [-0.4, -0.2) is 40.9 Å². The van der Waals surface area contributed by atoms with Gasteiger partial charge in [0.25, 0.3) is 0 Å². The highest BCUT2D eigenvalue weighted by Crippen LogP contribution is 2.17. The first kappa shape index (κ1) is 17.1. The van der Waals surface area contributed by atoms with Gasteiger partial charge in [-0.1, -0.05) is 18.2 Å². The largest absolute Gasteiger partial charge is 0.361 e. The SMILES string of the molecule is CN=C(NCCCn1cc(C)cn1)NCCc1c[nH]c2ccccc12. The molecule has 0 bridgehead atoms. The lowest BCUT2D eigenvalue weighted by Crippen LogP contribution is -2.39. The van der Waals surface area contributed by atoms with E-state index in [9.17, 15) is 0 Å². The molecule has 0 atom stereocenters. The van der Waals surface area contributed by atoms with E-state index in [0.29, 0.717) is 0 Å². The van der Waals surface area contributed by atoms with E-state index in [1.54, 1.807) is 7.05 Å². The molecule has 0 saturated heterocycles. The quantitative estimate of drug-likeness (QED) is 0.352. The molecule has 132 valence electrons. The highest BCUT2D eigenvalue weighted by Gasteiger charge is 2.03. The van der Waals surface area contributed by atoms with E-state index in [2.05, 4.69) is 69.3 Å². The minimum absolute atomic E-state index is 0.844. The summed E-state index contributed by atoms with van der Waals surface area (Å²) in [7, 11) is 1.80. The second-order valence-electron chi connectivity index (χ2n) is 6.17. The van der Waals surface area contributed by atoms with Crippen LogP contribution in [0.1, 0.15) is 17.5 Å². The van der Waals surface area contributed by atoms with Crippen LogP contribution in [0.25, 0.3) is 10.9 Å². The summed E-state index contributed by atoms with van der Waals surface area (Å²) >= 11 is 0. The maximum Gasteiger partial charge on any atom is 0.190 e. The van der Waals surface area contributed by atoms with Crippen molar-refractivity contribution < 1.29 is 0 Å². The number of nitrogens with one attached hydrogen (secondary N) is 3. The summed E-state index contributed by atoms with van der Waals surface area (Å²) in [6.45, 7) is 4.68. The molecule has 2 aromatic heterocycles. The van der Waals surface area contributed by atoms with E-state index in [0.717, 1.165) is 38.4 Å². The fraction of sp³-hybridized carbons (Fsp3) is 0.368. The minimum Gasteiger partial charge on any atom is -0.361 e. The summed E-state index contributed by atoms with van der Waals surface area (Å²) in [5.41, 5.74) is 3.71. The molecule has 0 spiro atoms. The molecule has 0 saturated carbocycles. The number of hydrogen-bond acceptors (Lipinski definition) is 2. The molecule has 25 heavy (non-hydrogen) atoms. The van der Waals surface area contributed by atoms with Crippen molar-refractivity contribution in [3.05, 3.63) is 54.0 Å². The Morgan fingerprint density at radius 3 is 2.88 bits per heavy atom. The molecular formula is C19H26N6. The molecule has 3 aromatic rings. The van der Waals surface area contributed by atoms with Crippen molar-refractivity contribution >= 4 is 16.9 Å². The third-order valence-electron chi connectivity index (χ3n) is 4.20. The number of guanidine groups is 1. The second-order valence-corrected chi connectivity index (χ2v) is 6.17. The average molecular weight is 338 g/mol. The highest BCUT2D eigenvalue weighted by atomic mass is 15.3. The number of nitrogens with zero attached hydrogens (tertiary/aromatic N) is 3. The molecule has 0 aliphatic rings. The van der Waals surface area contributed by atoms with Crippen LogP contribution in [0.3, 0.4) is 0 Å². The number of rotatable bonds is 7. The molecule has 1 aromatic carbocycles. The molecule has 0 radical (unpaired) electrons. The van der Waals surface area contributed by atoms with Gasteiger partial charge >= 0.3 is 0 Å². The number of aromatic amines is 1. The maximum atomic E-state index is 4.30. The molecular weight excluding hydrogens is 312 g/mol. The minimum atomic E-state index is 0.844. The van der Waals surface area contributed by atoms with Crippen LogP contribution < -0.4 is 10.6 Å². The summed E-state index contributed by atoms with van der Waals surface area (Å²) in [5, 5.41) is 12.3. The second kappa shape index (κ2) is 8.37. The molecule has 0 aliphatic heterocycles. The highest BCUT2D eigenvalue weighted by molar-refractivity contribution is 5.83.